The van der Waals surface area contributed by atoms with Gasteiger partial charge in [0.05, 0.1) is 14.3 Å². The zero-order valence-corrected chi connectivity index (χ0v) is 13.0. The zero-order valence-electron chi connectivity index (χ0n) is 9.01. The lowest BCUT2D eigenvalue weighted by molar-refractivity contribution is 0.621. The van der Waals surface area contributed by atoms with E-state index in [2.05, 4.69) is 50.2 Å². The summed E-state index contributed by atoms with van der Waals surface area (Å²) in [5, 5.41) is 3.27. The largest absolute Gasteiger partial charge is 0.378 e. The van der Waals surface area contributed by atoms with E-state index in [-0.39, 0.29) is 11.9 Å². The van der Waals surface area contributed by atoms with Gasteiger partial charge in [-0.3, -0.25) is 0 Å². The average molecular weight is 379 g/mol. The third-order valence-corrected chi connectivity index (χ3v) is 4.77. The molecule has 0 fully saturated rings. The molecular formula is C12H10Br2FNS. The summed E-state index contributed by atoms with van der Waals surface area (Å²) in [6, 6.07) is 9.28. The van der Waals surface area contributed by atoms with Gasteiger partial charge in [-0.1, -0.05) is 0 Å². The predicted octanol–water partition coefficient (Wildman–Crippen LogP) is 5.59. The minimum Gasteiger partial charge on any atom is -0.378 e. The number of anilines is 1. The molecule has 0 radical (unpaired) electrons. The van der Waals surface area contributed by atoms with Crippen LogP contribution in [0.25, 0.3) is 0 Å². The number of thiophene rings is 1. The highest BCUT2D eigenvalue weighted by molar-refractivity contribution is 9.11. The Balaban J connectivity index is 2.12. The van der Waals surface area contributed by atoms with Crippen LogP contribution in [0.15, 0.2) is 38.6 Å². The van der Waals surface area contributed by atoms with Crippen LogP contribution < -0.4 is 5.32 Å². The lowest BCUT2D eigenvalue weighted by atomic mass is 10.2. The summed E-state index contributed by atoms with van der Waals surface area (Å²) in [6.07, 6.45) is 0. The van der Waals surface area contributed by atoms with Crippen molar-refractivity contribution < 1.29 is 4.39 Å². The Labute approximate surface area is 120 Å². The van der Waals surface area contributed by atoms with Gasteiger partial charge in [0.25, 0.3) is 0 Å². The fraction of sp³-hybridized carbons (Fsp3) is 0.167. The van der Waals surface area contributed by atoms with E-state index >= 15 is 0 Å². The lowest BCUT2D eigenvalue weighted by Crippen LogP contribution is -2.04. The van der Waals surface area contributed by atoms with Gasteiger partial charge in [-0.2, -0.15) is 0 Å². The Morgan fingerprint density at radius 3 is 2.59 bits per heavy atom. The topological polar surface area (TPSA) is 12.0 Å². The summed E-state index contributed by atoms with van der Waals surface area (Å²) in [5.74, 6) is -0.255. The van der Waals surface area contributed by atoms with Gasteiger partial charge in [-0.05, 0) is 69.1 Å². The second-order valence-corrected chi connectivity index (χ2v) is 6.99. The van der Waals surface area contributed by atoms with Crippen molar-refractivity contribution in [2.75, 3.05) is 5.32 Å². The van der Waals surface area contributed by atoms with E-state index in [0.29, 0.717) is 4.47 Å². The summed E-state index contributed by atoms with van der Waals surface area (Å²) in [6.45, 7) is 2.05. The van der Waals surface area contributed by atoms with Crippen LogP contribution in [0.4, 0.5) is 10.1 Å². The summed E-state index contributed by atoms with van der Waals surface area (Å²) in [7, 11) is 0. The van der Waals surface area contributed by atoms with Gasteiger partial charge in [-0.15, -0.1) is 11.3 Å². The van der Waals surface area contributed by atoms with Crippen molar-refractivity contribution in [1.82, 2.24) is 0 Å². The fourth-order valence-corrected chi connectivity index (χ4v) is 3.14. The van der Waals surface area contributed by atoms with E-state index in [4.69, 9.17) is 0 Å². The van der Waals surface area contributed by atoms with Gasteiger partial charge in [0, 0.05) is 10.6 Å². The monoisotopic (exact) mass is 377 g/mol. The van der Waals surface area contributed by atoms with Crippen LogP contribution in [-0.2, 0) is 0 Å². The van der Waals surface area contributed by atoms with Gasteiger partial charge < -0.3 is 5.32 Å². The Morgan fingerprint density at radius 1 is 1.24 bits per heavy atom. The number of rotatable bonds is 3. The predicted molar refractivity (Wildman–Crippen MR) is 78.2 cm³/mol. The van der Waals surface area contributed by atoms with Gasteiger partial charge in [-0.25, -0.2) is 4.39 Å². The molecule has 0 saturated carbocycles. The molecule has 2 rings (SSSR count). The Kier molecular flexibility index (Phi) is 4.22. The van der Waals surface area contributed by atoms with E-state index < -0.39 is 0 Å². The molecule has 0 saturated heterocycles. The van der Waals surface area contributed by atoms with Crippen LogP contribution in [0.2, 0.25) is 0 Å². The van der Waals surface area contributed by atoms with Gasteiger partial charge >= 0.3 is 0 Å². The molecule has 0 bridgehead atoms. The molecule has 0 aliphatic heterocycles. The summed E-state index contributed by atoms with van der Waals surface area (Å²) in [4.78, 5) is 1.21. The van der Waals surface area contributed by atoms with Crippen molar-refractivity contribution in [3.8, 4) is 0 Å². The summed E-state index contributed by atoms with van der Waals surface area (Å²) < 4.78 is 14.9. The molecule has 1 atom stereocenters. The number of hydrogen-bond donors (Lipinski definition) is 1. The standard InChI is InChI=1S/C12H10Br2FNS/c1-7(11-4-5-12(14)17-11)16-8-2-3-9(13)10(15)6-8/h2-7,16H,1H3. The van der Waals surface area contributed by atoms with E-state index in [9.17, 15) is 4.39 Å². The molecule has 1 aromatic carbocycles. The molecule has 90 valence electrons. The average Bonchev–Trinajstić information content (AvgIpc) is 2.70. The molecule has 0 spiro atoms. The highest BCUT2D eigenvalue weighted by Crippen LogP contribution is 2.30. The first kappa shape index (κ1) is 13.1. The van der Waals surface area contributed by atoms with Crippen molar-refractivity contribution in [2.45, 2.75) is 13.0 Å². The molecule has 1 N–H and O–H groups in total. The SMILES string of the molecule is CC(Nc1ccc(Br)c(F)c1)c1ccc(Br)s1. The maximum Gasteiger partial charge on any atom is 0.139 e. The quantitative estimate of drug-likeness (QED) is 0.734. The van der Waals surface area contributed by atoms with Crippen LogP contribution in [0.3, 0.4) is 0 Å². The minimum absolute atomic E-state index is 0.159. The van der Waals surface area contributed by atoms with Gasteiger partial charge in [0.1, 0.15) is 5.82 Å². The van der Waals surface area contributed by atoms with Crippen molar-refractivity contribution in [1.29, 1.82) is 0 Å². The Bertz CT molecular complexity index is 527. The van der Waals surface area contributed by atoms with Crippen LogP contribution in [0.1, 0.15) is 17.8 Å². The molecule has 0 amide bonds. The first-order valence-electron chi connectivity index (χ1n) is 5.03. The zero-order chi connectivity index (χ0) is 12.4. The van der Waals surface area contributed by atoms with E-state index in [1.165, 1.54) is 10.9 Å². The molecule has 2 aromatic rings. The maximum atomic E-state index is 13.3. The van der Waals surface area contributed by atoms with Crippen LogP contribution in [0, 0.1) is 5.82 Å². The number of hydrogen-bond acceptors (Lipinski definition) is 2. The smallest absolute Gasteiger partial charge is 0.139 e. The third kappa shape index (κ3) is 3.30. The molecule has 1 heterocycles. The summed E-state index contributed by atoms with van der Waals surface area (Å²) in [5.41, 5.74) is 0.780. The van der Waals surface area contributed by atoms with Crippen LogP contribution in [-0.4, -0.2) is 0 Å². The number of halogens is 3. The molecular weight excluding hydrogens is 369 g/mol. The van der Waals surface area contributed by atoms with Crippen molar-refractivity contribution in [2.24, 2.45) is 0 Å². The van der Waals surface area contributed by atoms with Crippen molar-refractivity contribution in [3.63, 3.8) is 0 Å². The van der Waals surface area contributed by atoms with Crippen LogP contribution in [0.5, 0.6) is 0 Å². The van der Waals surface area contributed by atoms with Crippen molar-refractivity contribution >= 4 is 48.9 Å². The molecule has 0 aliphatic rings. The number of nitrogens with one attached hydrogen (secondary N) is 1. The second kappa shape index (κ2) is 5.50. The van der Waals surface area contributed by atoms with Gasteiger partial charge in [0.15, 0.2) is 0 Å². The molecule has 5 heteroatoms. The minimum atomic E-state index is -0.255. The fourth-order valence-electron chi connectivity index (χ4n) is 1.47. The first-order chi connectivity index (χ1) is 8.06. The van der Waals surface area contributed by atoms with Crippen LogP contribution >= 0.6 is 43.2 Å². The molecule has 1 aromatic heterocycles. The van der Waals surface area contributed by atoms with E-state index in [1.807, 2.05) is 12.1 Å². The second-order valence-electron chi connectivity index (χ2n) is 3.64. The Morgan fingerprint density at radius 2 is 2.00 bits per heavy atom. The lowest BCUT2D eigenvalue weighted by Gasteiger charge is -2.13. The number of benzene rings is 1. The van der Waals surface area contributed by atoms with Crippen molar-refractivity contribution in [3.05, 3.63) is 49.3 Å². The maximum absolute atomic E-state index is 13.3. The first-order valence-corrected chi connectivity index (χ1v) is 7.43. The third-order valence-electron chi connectivity index (χ3n) is 2.32. The van der Waals surface area contributed by atoms with Gasteiger partial charge in [0.2, 0.25) is 0 Å². The van der Waals surface area contributed by atoms with E-state index in [0.717, 1.165) is 9.47 Å². The summed E-state index contributed by atoms with van der Waals surface area (Å²) >= 11 is 8.24. The highest BCUT2D eigenvalue weighted by atomic mass is 79.9. The molecule has 1 unspecified atom stereocenters. The molecule has 1 nitrogen and oxygen atoms in total. The Hall–Kier alpha value is -0.390. The normalized spacial score (nSPS) is 12.5. The molecule has 0 aliphatic carbocycles. The van der Waals surface area contributed by atoms with E-state index in [1.54, 1.807) is 17.4 Å². The molecule has 17 heavy (non-hydrogen) atoms. The highest BCUT2D eigenvalue weighted by Gasteiger charge is 2.09.